The molecule has 1 aliphatic rings. The van der Waals surface area contributed by atoms with Gasteiger partial charge in [-0.1, -0.05) is 41.9 Å². The molecule has 0 amide bonds. The van der Waals surface area contributed by atoms with Gasteiger partial charge in [-0.3, -0.25) is 0 Å². The molecule has 0 radical (unpaired) electrons. The zero-order valence-corrected chi connectivity index (χ0v) is 12.2. The fourth-order valence-electron chi connectivity index (χ4n) is 2.79. The fraction of sp³-hybridized carbons (Fsp3) is 0.235. The van der Waals surface area contributed by atoms with Crippen molar-refractivity contribution in [2.75, 3.05) is 18.0 Å². The second-order valence-corrected chi connectivity index (χ2v) is 5.75. The van der Waals surface area contributed by atoms with Gasteiger partial charge in [0.2, 0.25) is 0 Å². The van der Waals surface area contributed by atoms with Crippen LogP contribution in [0, 0.1) is 11.3 Å². The number of nitrogens with zero attached hydrogens (tertiary/aromatic N) is 2. The molecule has 106 valence electrons. The molecule has 0 saturated carbocycles. The first-order valence-corrected chi connectivity index (χ1v) is 7.23. The van der Waals surface area contributed by atoms with Crippen molar-refractivity contribution in [2.45, 2.75) is 12.0 Å². The van der Waals surface area contributed by atoms with E-state index >= 15 is 0 Å². The summed E-state index contributed by atoms with van der Waals surface area (Å²) in [5.74, 6) is 0. The lowest BCUT2D eigenvalue weighted by atomic mass is 9.93. The van der Waals surface area contributed by atoms with Crippen molar-refractivity contribution in [2.24, 2.45) is 0 Å². The highest BCUT2D eigenvalue weighted by Crippen LogP contribution is 2.35. The Bertz CT molecular complexity index is 696. The second kappa shape index (κ2) is 5.40. The molecule has 1 aliphatic heterocycles. The molecule has 0 aliphatic carbocycles. The Morgan fingerprint density at radius 2 is 1.95 bits per heavy atom. The van der Waals surface area contributed by atoms with Gasteiger partial charge in [0.05, 0.1) is 17.1 Å². The van der Waals surface area contributed by atoms with Crippen LogP contribution in [0.4, 0.5) is 5.69 Å². The van der Waals surface area contributed by atoms with Gasteiger partial charge >= 0.3 is 0 Å². The second-order valence-electron chi connectivity index (χ2n) is 5.35. The average molecular weight is 299 g/mol. The van der Waals surface area contributed by atoms with Gasteiger partial charge in [-0.2, -0.15) is 5.26 Å². The largest absolute Gasteiger partial charge is 0.383 e. The van der Waals surface area contributed by atoms with Crippen molar-refractivity contribution in [1.29, 1.82) is 5.26 Å². The molecule has 2 aromatic rings. The molecule has 0 bridgehead atoms. The number of benzene rings is 2. The highest BCUT2D eigenvalue weighted by atomic mass is 35.5. The minimum atomic E-state index is -0.832. The standard InChI is InChI=1S/C17H15ClN2O/c18-16-10-15(7-6-13(16)11-19)20-9-8-17(21,12-20)14-4-2-1-3-5-14/h1-7,10,21H,8-9,12H2. The molecule has 21 heavy (non-hydrogen) atoms. The molecule has 1 saturated heterocycles. The predicted molar refractivity (Wildman–Crippen MR) is 83.3 cm³/mol. The van der Waals surface area contributed by atoms with Gasteiger partial charge in [0, 0.05) is 12.2 Å². The molecule has 2 aromatic carbocycles. The van der Waals surface area contributed by atoms with Gasteiger partial charge in [0.25, 0.3) is 0 Å². The normalized spacial score (nSPS) is 21.3. The monoisotopic (exact) mass is 298 g/mol. The van der Waals surface area contributed by atoms with Crippen LogP contribution in [0.15, 0.2) is 48.5 Å². The summed E-state index contributed by atoms with van der Waals surface area (Å²) in [4.78, 5) is 2.10. The van der Waals surface area contributed by atoms with Crippen molar-refractivity contribution >= 4 is 17.3 Å². The molecule has 0 aromatic heterocycles. The van der Waals surface area contributed by atoms with Crippen LogP contribution in [0.2, 0.25) is 5.02 Å². The van der Waals surface area contributed by atoms with Crippen molar-refractivity contribution in [3.8, 4) is 6.07 Å². The molecule has 3 nitrogen and oxygen atoms in total. The Balaban J connectivity index is 1.84. The molecule has 1 N–H and O–H groups in total. The summed E-state index contributed by atoms with van der Waals surface area (Å²) in [5, 5.41) is 20.2. The lowest BCUT2D eigenvalue weighted by Gasteiger charge is -2.25. The molecule has 1 fully saturated rings. The highest BCUT2D eigenvalue weighted by Gasteiger charge is 2.37. The van der Waals surface area contributed by atoms with E-state index in [1.807, 2.05) is 36.4 Å². The summed E-state index contributed by atoms with van der Waals surface area (Å²) in [5.41, 5.74) is 1.51. The van der Waals surface area contributed by atoms with Crippen LogP contribution in [0.25, 0.3) is 0 Å². The number of halogens is 1. The van der Waals surface area contributed by atoms with Gasteiger partial charge in [0.1, 0.15) is 11.7 Å². The molecular weight excluding hydrogens is 284 g/mol. The quantitative estimate of drug-likeness (QED) is 0.925. The van der Waals surface area contributed by atoms with E-state index in [9.17, 15) is 5.11 Å². The minimum Gasteiger partial charge on any atom is -0.383 e. The van der Waals surface area contributed by atoms with Crippen molar-refractivity contribution in [1.82, 2.24) is 0 Å². The Morgan fingerprint density at radius 1 is 1.19 bits per heavy atom. The molecule has 1 heterocycles. The van der Waals surface area contributed by atoms with Gasteiger partial charge < -0.3 is 10.0 Å². The number of β-amino-alcohol motifs (C(OH)–C–C–N with tert-alkyl or cyclic N) is 1. The van der Waals surface area contributed by atoms with Crippen LogP contribution in [0.1, 0.15) is 17.5 Å². The third-order valence-corrected chi connectivity index (χ3v) is 4.31. The summed E-state index contributed by atoms with van der Waals surface area (Å²) in [7, 11) is 0. The van der Waals surface area contributed by atoms with E-state index in [-0.39, 0.29) is 0 Å². The fourth-order valence-corrected chi connectivity index (χ4v) is 3.01. The SMILES string of the molecule is N#Cc1ccc(N2CCC(O)(c3ccccc3)C2)cc1Cl. The number of hydrogen-bond donors (Lipinski definition) is 1. The van der Waals surface area contributed by atoms with Crippen LogP contribution in [0.5, 0.6) is 0 Å². The Labute approximate surface area is 129 Å². The van der Waals surface area contributed by atoms with Crippen LogP contribution in [-0.2, 0) is 5.60 Å². The molecule has 1 unspecified atom stereocenters. The number of rotatable bonds is 2. The molecular formula is C17H15ClN2O. The van der Waals surface area contributed by atoms with E-state index in [0.717, 1.165) is 17.8 Å². The van der Waals surface area contributed by atoms with E-state index in [1.165, 1.54) is 0 Å². The maximum atomic E-state index is 10.8. The minimum absolute atomic E-state index is 0.449. The first-order chi connectivity index (χ1) is 10.1. The van der Waals surface area contributed by atoms with Crippen molar-refractivity contribution in [3.63, 3.8) is 0 Å². The van der Waals surface area contributed by atoms with E-state index < -0.39 is 5.60 Å². The summed E-state index contributed by atoms with van der Waals surface area (Å²) in [6.07, 6.45) is 0.675. The molecule has 0 spiro atoms. The maximum absolute atomic E-state index is 10.8. The number of nitriles is 1. The van der Waals surface area contributed by atoms with Gasteiger partial charge in [-0.25, -0.2) is 0 Å². The maximum Gasteiger partial charge on any atom is 0.109 e. The summed E-state index contributed by atoms with van der Waals surface area (Å²) >= 11 is 6.08. The lowest BCUT2D eigenvalue weighted by molar-refractivity contribution is 0.0607. The topological polar surface area (TPSA) is 47.3 Å². The molecule has 1 atom stereocenters. The van der Waals surface area contributed by atoms with E-state index in [0.29, 0.717) is 23.6 Å². The van der Waals surface area contributed by atoms with Crippen LogP contribution in [0.3, 0.4) is 0 Å². The van der Waals surface area contributed by atoms with Gasteiger partial charge in [0.15, 0.2) is 0 Å². The Hall–Kier alpha value is -2.02. The summed E-state index contributed by atoms with van der Waals surface area (Å²) in [6, 6.07) is 17.2. The van der Waals surface area contributed by atoms with E-state index in [4.69, 9.17) is 16.9 Å². The average Bonchev–Trinajstić information content (AvgIpc) is 2.92. The summed E-state index contributed by atoms with van der Waals surface area (Å²) in [6.45, 7) is 1.28. The first kappa shape index (κ1) is 13.9. The van der Waals surface area contributed by atoms with E-state index in [2.05, 4.69) is 11.0 Å². The predicted octanol–water partition coefficient (Wildman–Crippen LogP) is 3.31. The number of aliphatic hydroxyl groups is 1. The lowest BCUT2D eigenvalue weighted by Crippen LogP contribution is -2.30. The molecule has 4 heteroatoms. The zero-order valence-electron chi connectivity index (χ0n) is 11.5. The molecule has 3 rings (SSSR count). The van der Waals surface area contributed by atoms with Crippen LogP contribution in [-0.4, -0.2) is 18.2 Å². The highest BCUT2D eigenvalue weighted by molar-refractivity contribution is 6.32. The Kier molecular flexibility index (Phi) is 3.59. The van der Waals surface area contributed by atoms with E-state index in [1.54, 1.807) is 12.1 Å². The number of anilines is 1. The third kappa shape index (κ3) is 2.61. The zero-order chi connectivity index (χ0) is 14.9. The van der Waals surface area contributed by atoms with Crippen LogP contribution >= 0.6 is 11.6 Å². The van der Waals surface area contributed by atoms with Crippen molar-refractivity contribution < 1.29 is 5.11 Å². The Morgan fingerprint density at radius 3 is 2.62 bits per heavy atom. The van der Waals surface area contributed by atoms with Crippen LogP contribution < -0.4 is 4.90 Å². The van der Waals surface area contributed by atoms with Gasteiger partial charge in [-0.15, -0.1) is 0 Å². The third-order valence-electron chi connectivity index (χ3n) is 4.00. The van der Waals surface area contributed by atoms with Gasteiger partial charge in [-0.05, 0) is 30.2 Å². The smallest absolute Gasteiger partial charge is 0.109 e. The van der Waals surface area contributed by atoms with Crippen molar-refractivity contribution in [3.05, 3.63) is 64.7 Å². The first-order valence-electron chi connectivity index (χ1n) is 6.85. The summed E-state index contributed by atoms with van der Waals surface area (Å²) < 4.78 is 0. The number of hydrogen-bond acceptors (Lipinski definition) is 3.